The van der Waals surface area contributed by atoms with E-state index in [1.807, 2.05) is 19.9 Å². The third kappa shape index (κ3) is 9.07. The quantitative estimate of drug-likeness (QED) is 0.269. The molecule has 0 bridgehead atoms. The Kier molecular flexibility index (Phi) is 10.2. The van der Waals surface area contributed by atoms with Crippen LogP contribution in [0.1, 0.15) is 59.0 Å². The molecule has 4 N–H and O–H groups in total. The number of H-pyrrole nitrogens is 1. The molecule has 0 aliphatic rings. The Balaban J connectivity index is 1.89. The monoisotopic (exact) mass is 521 g/mol. The number of anilines is 1. The van der Waals surface area contributed by atoms with Gasteiger partial charge >= 0.3 is 12.1 Å². The maximum atomic E-state index is 12.5. The Hall–Kier alpha value is -3.27. The second kappa shape index (κ2) is 12.6. The van der Waals surface area contributed by atoms with Crippen LogP contribution in [0.2, 0.25) is 5.02 Å². The van der Waals surface area contributed by atoms with Gasteiger partial charge in [-0.25, -0.2) is 14.6 Å². The highest BCUT2D eigenvalue weighted by Crippen LogP contribution is 2.30. The predicted molar refractivity (Wildman–Crippen MR) is 139 cm³/mol. The van der Waals surface area contributed by atoms with Gasteiger partial charge in [-0.05, 0) is 52.7 Å². The summed E-state index contributed by atoms with van der Waals surface area (Å²) in [6, 6.07) is 2.84. The van der Waals surface area contributed by atoms with Crippen molar-refractivity contribution in [1.29, 1.82) is 0 Å². The molecule has 36 heavy (non-hydrogen) atoms. The van der Waals surface area contributed by atoms with Gasteiger partial charge in [0.1, 0.15) is 29.8 Å². The summed E-state index contributed by atoms with van der Waals surface area (Å²) in [5.41, 5.74) is 1.11. The molecule has 0 aliphatic carbocycles. The number of alkyl carbamates (subject to hydrolysis) is 1. The normalized spacial score (nSPS) is 12.3. The Labute approximate surface area is 216 Å². The van der Waals surface area contributed by atoms with Gasteiger partial charge in [0.15, 0.2) is 0 Å². The summed E-state index contributed by atoms with van der Waals surface area (Å²) in [6.45, 7) is 12.8. The number of pyridine rings is 1. The molecule has 0 aliphatic heterocycles. The zero-order valence-corrected chi connectivity index (χ0v) is 22.6. The molecule has 2 amide bonds. The van der Waals surface area contributed by atoms with Crippen LogP contribution >= 0.6 is 11.6 Å². The number of amides is 2. The fourth-order valence-electron chi connectivity index (χ4n) is 3.15. The third-order valence-corrected chi connectivity index (χ3v) is 5.06. The van der Waals surface area contributed by atoms with Crippen LogP contribution in [0.5, 0.6) is 0 Å². The molecule has 1 atom stereocenters. The van der Waals surface area contributed by atoms with Crippen molar-refractivity contribution < 1.29 is 23.9 Å². The molecule has 198 valence electrons. The summed E-state index contributed by atoms with van der Waals surface area (Å²) in [4.78, 5) is 44.2. The second-order valence-corrected chi connectivity index (χ2v) is 10.3. The third-order valence-electron chi connectivity index (χ3n) is 4.76. The summed E-state index contributed by atoms with van der Waals surface area (Å²) in [7, 11) is 0. The molecule has 2 aromatic heterocycles. The molecule has 0 saturated heterocycles. The lowest BCUT2D eigenvalue weighted by molar-refractivity contribution is -0.147. The fraction of sp³-hybridized carbons (Fsp3) is 0.520. The second-order valence-electron chi connectivity index (χ2n) is 9.94. The topological polar surface area (TPSA) is 134 Å². The lowest BCUT2D eigenvalue weighted by atomic mass is 10.1. The van der Waals surface area contributed by atoms with E-state index in [0.717, 1.165) is 11.1 Å². The summed E-state index contributed by atoms with van der Waals surface area (Å²) >= 11 is 6.31. The first-order valence-corrected chi connectivity index (χ1v) is 12.2. The number of carbonyl (C=O) groups excluding carboxylic acids is 3. The zero-order valence-electron chi connectivity index (χ0n) is 21.8. The first-order chi connectivity index (χ1) is 16.8. The maximum absolute atomic E-state index is 12.5. The van der Waals surface area contributed by atoms with E-state index in [0.29, 0.717) is 16.5 Å². The first kappa shape index (κ1) is 29.0. The lowest BCUT2D eigenvalue weighted by Crippen LogP contribution is -2.47. The number of carbonyl (C=O) groups is 3. The molecular weight excluding hydrogens is 486 g/mol. The van der Waals surface area contributed by atoms with Gasteiger partial charge in [0.25, 0.3) is 5.91 Å². The minimum Gasteiger partial charge on any atom is -0.462 e. The highest BCUT2D eigenvalue weighted by Gasteiger charge is 2.28. The molecule has 0 spiro atoms. The summed E-state index contributed by atoms with van der Waals surface area (Å²) in [5.74, 6) is -0.506. The van der Waals surface area contributed by atoms with Gasteiger partial charge < -0.3 is 30.4 Å². The largest absolute Gasteiger partial charge is 0.462 e. The highest BCUT2D eigenvalue weighted by molar-refractivity contribution is 6.33. The average molecular weight is 522 g/mol. The smallest absolute Gasteiger partial charge is 0.408 e. The van der Waals surface area contributed by atoms with Gasteiger partial charge in [0.2, 0.25) is 0 Å². The molecule has 2 rings (SSSR count). The van der Waals surface area contributed by atoms with Crippen molar-refractivity contribution in [2.45, 2.75) is 66.2 Å². The number of esters is 1. The molecule has 0 radical (unpaired) electrons. The number of halogens is 1. The van der Waals surface area contributed by atoms with Gasteiger partial charge in [-0.15, -0.1) is 0 Å². The van der Waals surface area contributed by atoms with Crippen LogP contribution in [0.15, 0.2) is 24.5 Å². The number of ether oxygens (including phenoxy) is 2. The molecule has 10 nitrogen and oxygen atoms in total. The van der Waals surface area contributed by atoms with E-state index in [1.54, 1.807) is 53.1 Å². The van der Waals surface area contributed by atoms with E-state index in [4.69, 9.17) is 21.1 Å². The van der Waals surface area contributed by atoms with Crippen LogP contribution in [-0.2, 0) is 14.3 Å². The van der Waals surface area contributed by atoms with Crippen LogP contribution in [0.25, 0.3) is 11.1 Å². The van der Waals surface area contributed by atoms with Crippen molar-refractivity contribution in [3.8, 4) is 11.1 Å². The Morgan fingerprint density at radius 1 is 1.14 bits per heavy atom. The van der Waals surface area contributed by atoms with Gasteiger partial charge in [0, 0.05) is 29.6 Å². The number of aromatic nitrogens is 2. The standard InChI is InChI=1S/C25H36ClN5O5/c1-14(2)21(31-24(34)36-25(5,6)7)23(33)35-9-8-27-22(32)19-10-16(12-28-19)17-11-20(30-15(3)4)29-13-18(17)26/h10-15,21,28H,8-9H2,1-7H3,(H,27,32)(H,29,30)(H,31,34). The number of rotatable bonds is 10. The Morgan fingerprint density at radius 3 is 2.44 bits per heavy atom. The van der Waals surface area contributed by atoms with Crippen molar-refractivity contribution >= 4 is 35.4 Å². The minimum atomic E-state index is -0.873. The van der Waals surface area contributed by atoms with Crippen LogP contribution in [0.4, 0.5) is 10.6 Å². The number of aromatic amines is 1. The molecule has 0 aromatic carbocycles. The van der Waals surface area contributed by atoms with Crippen molar-refractivity contribution in [2.75, 3.05) is 18.5 Å². The van der Waals surface area contributed by atoms with Gasteiger partial charge in [0.05, 0.1) is 11.6 Å². The van der Waals surface area contributed by atoms with Crippen molar-refractivity contribution in [1.82, 2.24) is 20.6 Å². The highest BCUT2D eigenvalue weighted by atomic mass is 35.5. The summed E-state index contributed by atoms with van der Waals surface area (Å²) in [6.07, 6.45) is 2.55. The Bertz CT molecular complexity index is 1060. The van der Waals surface area contributed by atoms with Crippen molar-refractivity contribution in [3.63, 3.8) is 0 Å². The van der Waals surface area contributed by atoms with Crippen molar-refractivity contribution in [3.05, 3.63) is 35.2 Å². The Morgan fingerprint density at radius 2 is 1.83 bits per heavy atom. The number of hydrogen-bond donors (Lipinski definition) is 4. The molecule has 0 saturated carbocycles. The minimum absolute atomic E-state index is 0.0578. The molecule has 11 heteroatoms. The van der Waals surface area contributed by atoms with E-state index < -0.39 is 23.7 Å². The van der Waals surface area contributed by atoms with Crippen LogP contribution < -0.4 is 16.0 Å². The van der Waals surface area contributed by atoms with Crippen LogP contribution in [-0.4, -0.2) is 58.8 Å². The van der Waals surface area contributed by atoms with E-state index in [1.165, 1.54) is 0 Å². The van der Waals surface area contributed by atoms with Gasteiger partial charge in [-0.1, -0.05) is 25.4 Å². The maximum Gasteiger partial charge on any atom is 0.408 e. The number of hydrogen-bond acceptors (Lipinski definition) is 7. The lowest BCUT2D eigenvalue weighted by Gasteiger charge is -2.24. The van der Waals surface area contributed by atoms with Gasteiger partial charge in [-0.3, -0.25) is 4.79 Å². The SMILES string of the molecule is CC(C)Nc1cc(-c2c[nH]c(C(=O)NCCOC(=O)C(NC(=O)OC(C)(C)C)C(C)C)c2)c(Cl)cn1. The first-order valence-electron chi connectivity index (χ1n) is 11.8. The van der Waals surface area contributed by atoms with E-state index in [2.05, 4.69) is 25.9 Å². The van der Waals surface area contributed by atoms with E-state index in [9.17, 15) is 14.4 Å². The molecule has 0 fully saturated rings. The average Bonchev–Trinajstić information content (AvgIpc) is 3.24. The van der Waals surface area contributed by atoms with Crippen LogP contribution in [0, 0.1) is 5.92 Å². The van der Waals surface area contributed by atoms with E-state index in [-0.39, 0.29) is 31.0 Å². The summed E-state index contributed by atoms with van der Waals surface area (Å²) < 4.78 is 10.5. The van der Waals surface area contributed by atoms with Gasteiger partial charge in [-0.2, -0.15) is 0 Å². The molecule has 1 unspecified atom stereocenters. The van der Waals surface area contributed by atoms with Crippen LogP contribution in [0.3, 0.4) is 0 Å². The van der Waals surface area contributed by atoms with E-state index >= 15 is 0 Å². The summed E-state index contributed by atoms with van der Waals surface area (Å²) in [5, 5.41) is 8.91. The predicted octanol–water partition coefficient (Wildman–Crippen LogP) is 4.37. The molecule has 2 heterocycles. The number of nitrogens with one attached hydrogen (secondary N) is 4. The molecule has 2 aromatic rings. The van der Waals surface area contributed by atoms with Crippen molar-refractivity contribution in [2.24, 2.45) is 5.92 Å². The zero-order chi connectivity index (χ0) is 27.0. The fourth-order valence-corrected chi connectivity index (χ4v) is 3.36. The molecular formula is C25H36ClN5O5. The number of nitrogens with zero attached hydrogens (tertiary/aromatic N) is 1.